The molecule has 3 amide bonds. The van der Waals surface area contributed by atoms with Gasteiger partial charge in [-0.1, -0.05) is 35.5 Å². The maximum Gasteiger partial charge on any atom is 0.276 e. The molecule has 3 heterocycles. The average molecular weight is 410 g/mol. The standard InChI is InChI=1S/C22H26N4O4/c1-15-12-19(23-30-15)22(29)25-10-8-24(9-11-25)21(28)18-13-20(27)26(14-18)16(2)17-6-4-3-5-7-17/h3-7,12,16,18H,8-11,13-14H2,1-2H3. The second kappa shape index (κ2) is 8.30. The van der Waals surface area contributed by atoms with Crippen molar-refractivity contribution in [1.29, 1.82) is 0 Å². The molecule has 158 valence electrons. The zero-order valence-electron chi connectivity index (χ0n) is 17.3. The van der Waals surface area contributed by atoms with E-state index in [1.54, 1.807) is 27.7 Å². The third-order valence-corrected chi connectivity index (χ3v) is 5.98. The van der Waals surface area contributed by atoms with Gasteiger partial charge in [0.15, 0.2) is 5.69 Å². The number of nitrogens with zero attached hydrogens (tertiary/aromatic N) is 4. The van der Waals surface area contributed by atoms with E-state index in [0.29, 0.717) is 44.2 Å². The summed E-state index contributed by atoms with van der Waals surface area (Å²) in [6.07, 6.45) is 0.243. The fourth-order valence-corrected chi connectivity index (χ4v) is 4.20. The third-order valence-electron chi connectivity index (χ3n) is 5.98. The van der Waals surface area contributed by atoms with Crippen LogP contribution in [0.25, 0.3) is 0 Å². The number of likely N-dealkylation sites (tertiary alicyclic amines) is 1. The van der Waals surface area contributed by atoms with Gasteiger partial charge < -0.3 is 19.2 Å². The molecule has 2 unspecified atom stereocenters. The SMILES string of the molecule is Cc1cc(C(=O)N2CCN(C(=O)C3CC(=O)N(C(C)c4ccccc4)C3)CC2)no1. The van der Waals surface area contributed by atoms with E-state index in [-0.39, 0.29) is 36.1 Å². The van der Waals surface area contributed by atoms with E-state index < -0.39 is 0 Å². The number of piperazine rings is 1. The Bertz CT molecular complexity index is 934. The highest BCUT2D eigenvalue weighted by atomic mass is 16.5. The largest absolute Gasteiger partial charge is 0.361 e. The van der Waals surface area contributed by atoms with Crippen LogP contribution in [-0.4, -0.2) is 70.3 Å². The first-order valence-corrected chi connectivity index (χ1v) is 10.3. The Kier molecular flexibility index (Phi) is 5.57. The van der Waals surface area contributed by atoms with Crippen LogP contribution in [0.1, 0.15) is 41.2 Å². The van der Waals surface area contributed by atoms with Gasteiger partial charge in [-0.25, -0.2) is 0 Å². The van der Waals surface area contributed by atoms with Crippen molar-refractivity contribution in [2.45, 2.75) is 26.3 Å². The first kappa shape index (κ1) is 20.1. The number of carbonyl (C=O) groups excluding carboxylic acids is 3. The molecule has 2 aliphatic heterocycles. The average Bonchev–Trinajstić information content (AvgIpc) is 3.38. The van der Waals surface area contributed by atoms with Crippen LogP contribution in [0.15, 0.2) is 40.9 Å². The molecule has 8 heteroatoms. The van der Waals surface area contributed by atoms with Gasteiger partial charge >= 0.3 is 0 Å². The molecule has 1 aromatic carbocycles. The van der Waals surface area contributed by atoms with Crippen LogP contribution in [0, 0.1) is 12.8 Å². The van der Waals surface area contributed by atoms with Gasteiger partial charge in [0.05, 0.1) is 12.0 Å². The van der Waals surface area contributed by atoms with Crippen molar-refractivity contribution >= 4 is 17.7 Å². The van der Waals surface area contributed by atoms with Crippen molar-refractivity contribution < 1.29 is 18.9 Å². The van der Waals surface area contributed by atoms with E-state index in [1.807, 2.05) is 37.3 Å². The smallest absolute Gasteiger partial charge is 0.276 e. The van der Waals surface area contributed by atoms with Crippen LogP contribution in [0.2, 0.25) is 0 Å². The normalized spacial score (nSPS) is 20.5. The van der Waals surface area contributed by atoms with Gasteiger partial charge in [-0.05, 0) is 19.4 Å². The van der Waals surface area contributed by atoms with Gasteiger partial charge in [0.2, 0.25) is 11.8 Å². The second-order valence-electron chi connectivity index (χ2n) is 7.97. The molecule has 8 nitrogen and oxygen atoms in total. The molecule has 1 aromatic heterocycles. The number of aryl methyl sites for hydroxylation is 1. The lowest BCUT2D eigenvalue weighted by molar-refractivity contribution is -0.137. The van der Waals surface area contributed by atoms with Crippen molar-refractivity contribution in [3.05, 3.63) is 53.4 Å². The number of amides is 3. The summed E-state index contributed by atoms with van der Waals surface area (Å²) in [6, 6.07) is 11.4. The van der Waals surface area contributed by atoms with Crippen LogP contribution in [0.5, 0.6) is 0 Å². The number of benzene rings is 1. The van der Waals surface area contributed by atoms with E-state index in [0.717, 1.165) is 5.56 Å². The molecule has 2 aromatic rings. The summed E-state index contributed by atoms with van der Waals surface area (Å²) in [7, 11) is 0. The Morgan fingerprint density at radius 2 is 1.77 bits per heavy atom. The number of rotatable bonds is 4. The van der Waals surface area contributed by atoms with Crippen LogP contribution in [-0.2, 0) is 9.59 Å². The minimum absolute atomic E-state index is 0.00417. The Morgan fingerprint density at radius 1 is 1.10 bits per heavy atom. The quantitative estimate of drug-likeness (QED) is 0.768. The predicted octanol–water partition coefficient (Wildman–Crippen LogP) is 1.88. The summed E-state index contributed by atoms with van der Waals surface area (Å²) in [5, 5.41) is 3.78. The van der Waals surface area contributed by atoms with E-state index in [9.17, 15) is 14.4 Å². The number of hydrogen-bond acceptors (Lipinski definition) is 5. The number of hydrogen-bond donors (Lipinski definition) is 0. The van der Waals surface area contributed by atoms with Crippen molar-refractivity contribution in [3.63, 3.8) is 0 Å². The van der Waals surface area contributed by atoms with Crippen LogP contribution in [0.3, 0.4) is 0 Å². The van der Waals surface area contributed by atoms with Gasteiger partial charge in [0.1, 0.15) is 5.76 Å². The molecule has 30 heavy (non-hydrogen) atoms. The maximum atomic E-state index is 13.0. The lowest BCUT2D eigenvalue weighted by atomic mass is 10.1. The summed E-state index contributed by atoms with van der Waals surface area (Å²) in [5.41, 5.74) is 1.35. The lowest BCUT2D eigenvalue weighted by Gasteiger charge is -2.35. The molecule has 0 spiro atoms. The fraction of sp³-hybridized carbons (Fsp3) is 0.455. The topological polar surface area (TPSA) is 87.0 Å². The highest BCUT2D eigenvalue weighted by molar-refractivity contribution is 5.93. The van der Waals surface area contributed by atoms with Crippen molar-refractivity contribution in [1.82, 2.24) is 19.9 Å². The summed E-state index contributed by atoms with van der Waals surface area (Å²) in [5.74, 6) is 0.0877. The number of aromatic nitrogens is 1. The molecule has 0 aliphatic carbocycles. The fourth-order valence-electron chi connectivity index (χ4n) is 4.20. The van der Waals surface area contributed by atoms with Gasteiger partial charge in [0.25, 0.3) is 5.91 Å². The Morgan fingerprint density at radius 3 is 2.40 bits per heavy atom. The van der Waals surface area contributed by atoms with E-state index in [1.165, 1.54) is 0 Å². The molecule has 2 aliphatic rings. The predicted molar refractivity (Wildman–Crippen MR) is 108 cm³/mol. The molecule has 2 saturated heterocycles. The number of carbonyl (C=O) groups is 3. The van der Waals surface area contributed by atoms with Crippen LogP contribution < -0.4 is 0 Å². The van der Waals surface area contributed by atoms with Crippen molar-refractivity contribution in [2.24, 2.45) is 5.92 Å². The Hall–Kier alpha value is -3.16. The molecule has 0 radical (unpaired) electrons. The zero-order chi connectivity index (χ0) is 21.3. The summed E-state index contributed by atoms with van der Waals surface area (Å²) in [4.78, 5) is 43.3. The molecule has 2 atom stereocenters. The van der Waals surface area contributed by atoms with Crippen molar-refractivity contribution in [3.8, 4) is 0 Å². The minimum Gasteiger partial charge on any atom is -0.361 e. The monoisotopic (exact) mass is 410 g/mol. The summed E-state index contributed by atoms with van der Waals surface area (Å²) < 4.78 is 4.98. The second-order valence-corrected chi connectivity index (χ2v) is 7.97. The highest BCUT2D eigenvalue weighted by Gasteiger charge is 2.39. The van der Waals surface area contributed by atoms with Crippen LogP contribution in [0.4, 0.5) is 0 Å². The molecule has 4 rings (SSSR count). The van der Waals surface area contributed by atoms with Gasteiger partial charge in [0, 0.05) is 45.2 Å². The summed E-state index contributed by atoms with van der Waals surface area (Å²) >= 11 is 0. The Balaban J connectivity index is 1.33. The van der Waals surface area contributed by atoms with E-state index in [2.05, 4.69) is 5.16 Å². The summed E-state index contributed by atoms with van der Waals surface area (Å²) in [6.45, 7) is 5.98. The molecular formula is C22H26N4O4. The molecular weight excluding hydrogens is 384 g/mol. The first-order valence-electron chi connectivity index (χ1n) is 10.3. The molecule has 0 bridgehead atoms. The molecule has 0 N–H and O–H groups in total. The van der Waals surface area contributed by atoms with Gasteiger partial charge in [-0.15, -0.1) is 0 Å². The third kappa shape index (κ3) is 3.94. The molecule has 2 fully saturated rings. The lowest BCUT2D eigenvalue weighted by Crippen LogP contribution is -2.52. The highest BCUT2D eigenvalue weighted by Crippen LogP contribution is 2.29. The maximum absolute atomic E-state index is 13.0. The minimum atomic E-state index is -0.330. The van der Waals surface area contributed by atoms with E-state index >= 15 is 0 Å². The van der Waals surface area contributed by atoms with Crippen molar-refractivity contribution in [2.75, 3.05) is 32.7 Å². The van der Waals surface area contributed by atoms with Crippen LogP contribution >= 0.6 is 0 Å². The van der Waals surface area contributed by atoms with E-state index in [4.69, 9.17) is 4.52 Å². The van der Waals surface area contributed by atoms with Gasteiger partial charge in [-0.3, -0.25) is 14.4 Å². The zero-order valence-corrected chi connectivity index (χ0v) is 17.3. The van der Waals surface area contributed by atoms with Gasteiger partial charge in [-0.2, -0.15) is 0 Å². The first-order chi connectivity index (χ1) is 14.4. The molecule has 0 saturated carbocycles. The Labute approximate surface area is 175 Å².